The van der Waals surface area contributed by atoms with E-state index < -0.39 is 0 Å². The van der Waals surface area contributed by atoms with E-state index in [-0.39, 0.29) is 22.7 Å². The van der Waals surface area contributed by atoms with Crippen LogP contribution in [0.5, 0.6) is 0 Å². The van der Waals surface area contributed by atoms with Crippen molar-refractivity contribution in [3.8, 4) is 0 Å². The van der Waals surface area contributed by atoms with Gasteiger partial charge in [-0.1, -0.05) is 11.6 Å². The van der Waals surface area contributed by atoms with Crippen LogP contribution in [-0.4, -0.2) is 56.4 Å². The van der Waals surface area contributed by atoms with Crippen molar-refractivity contribution < 1.29 is 9.59 Å². The third-order valence-electron chi connectivity index (χ3n) is 6.25. The summed E-state index contributed by atoms with van der Waals surface area (Å²) in [5.74, 6) is 1.37. The molecule has 28 heavy (non-hydrogen) atoms. The summed E-state index contributed by atoms with van der Waals surface area (Å²) < 4.78 is 1.16. The first-order valence-electron chi connectivity index (χ1n) is 9.75. The number of carbonyl (C=O) groups excluding carboxylic acids is 2. The van der Waals surface area contributed by atoms with E-state index in [0.29, 0.717) is 17.4 Å². The zero-order chi connectivity index (χ0) is 19.5. The van der Waals surface area contributed by atoms with Crippen molar-refractivity contribution in [2.45, 2.75) is 49.4 Å². The predicted molar refractivity (Wildman–Crippen MR) is 114 cm³/mol. The third kappa shape index (κ3) is 3.02. The van der Waals surface area contributed by atoms with Gasteiger partial charge in [0.25, 0.3) is 0 Å². The van der Waals surface area contributed by atoms with Gasteiger partial charge in [-0.3, -0.25) is 9.59 Å². The summed E-state index contributed by atoms with van der Waals surface area (Å²) in [6.07, 6.45) is 3.26. The van der Waals surface area contributed by atoms with Crippen molar-refractivity contribution in [3.05, 3.63) is 28.2 Å². The quantitative estimate of drug-likeness (QED) is 0.712. The molecule has 3 aliphatic heterocycles. The van der Waals surface area contributed by atoms with Crippen molar-refractivity contribution in [3.63, 3.8) is 0 Å². The SMILES string of the molecule is CC12CCC(=O)N1C(C(=O)N1CCC(c3nc4cc(Cl)ccc4s3)CC1)CS2. The fourth-order valence-electron chi connectivity index (χ4n) is 4.65. The van der Waals surface area contributed by atoms with Gasteiger partial charge in [-0.2, -0.15) is 0 Å². The number of fused-ring (bicyclic) bond motifs is 2. The van der Waals surface area contributed by atoms with E-state index in [1.807, 2.05) is 28.0 Å². The molecule has 0 saturated carbocycles. The summed E-state index contributed by atoms with van der Waals surface area (Å²) >= 11 is 9.57. The molecule has 0 spiro atoms. The molecule has 0 aliphatic carbocycles. The number of amides is 2. The summed E-state index contributed by atoms with van der Waals surface area (Å²) in [7, 11) is 0. The molecular weight excluding hydrogens is 414 g/mol. The Hall–Kier alpha value is -1.31. The van der Waals surface area contributed by atoms with Gasteiger partial charge in [-0.25, -0.2) is 4.98 Å². The molecule has 0 radical (unpaired) electrons. The minimum absolute atomic E-state index is 0.126. The molecule has 3 aliphatic rings. The molecule has 3 fully saturated rings. The standard InChI is InChI=1S/C20H22ClN3O2S2/c1-20-7-4-17(25)24(20)15(11-27-20)19(26)23-8-5-12(6-9-23)18-22-14-10-13(21)2-3-16(14)28-18/h2-3,10,12,15H,4-9,11H2,1H3. The average molecular weight is 436 g/mol. The second-order valence-electron chi connectivity index (χ2n) is 8.03. The first kappa shape index (κ1) is 18.7. The van der Waals surface area contributed by atoms with Crippen LogP contribution in [0.4, 0.5) is 0 Å². The van der Waals surface area contributed by atoms with Crippen molar-refractivity contribution in [1.82, 2.24) is 14.8 Å². The lowest BCUT2D eigenvalue weighted by Gasteiger charge is -2.36. The Bertz CT molecular complexity index is 956. The number of nitrogens with zero attached hydrogens (tertiary/aromatic N) is 3. The molecule has 5 nitrogen and oxygen atoms in total. The number of aromatic nitrogens is 1. The lowest BCUT2D eigenvalue weighted by Crippen LogP contribution is -2.52. The van der Waals surface area contributed by atoms with Gasteiger partial charge in [0.15, 0.2) is 0 Å². The Morgan fingerprint density at radius 1 is 1.32 bits per heavy atom. The van der Waals surface area contributed by atoms with Gasteiger partial charge in [-0.05, 0) is 44.4 Å². The van der Waals surface area contributed by atoms with Crippen LogP contribution in [-0.2, 0) is 9.59 Å². The maximum atomic E-state index is 13.1. The van der Waals surface area contributed by atoms with Crippen molar-refractivity contribution in [2.24, 2.45) is 0 Å². The number of halogens is 1. The molecular formula is C20H22ClN3O2S2. The lowest BCUT2D eigenvalue weighted by atomic mass is 9.97. The van der Waals surface area contributed by atoms with Crippen molar-refractivity contribution >= 4 is 56.7 Å². The van der Waals surface area contributed by atoms with E-state index >= 15 is 0 Å². The largest absolute Gasteiger partial charge is 0.341 e. The first-order chi connectivity index (χ1) is 13.4. The number of carbonyl (C=O) groups is 2. The van der Waals surface area contributed by atoms with Crippen LogP contribution >= 0.6 is 34.7 Å². The Balaban J connectivity index is 1.26. The second-order valence-corrected chi connectivity index (χ2v) is 11.0. The third-order valence-corrected chi connectivity index (χ3v) is 9.19. The van der Waals surface area contributed by atoms with Crippen LogP contribution in [0.3, 0.4) is 0 Å². The smallest absolute Gasteiger partial charge is 0.246 e. The van der Waals surface area contributed by atoms with Crippen LogP contribution in [0, 0.1) is 0 Å². The van der Waals surface area contributed by atoms with Gasteiger partial charge in [0.1, 0.15) is 6.04 Å². The summed E-state index contributed by atoms with van der Waals surface area (Å²) in [6, 6.07) is 5.56. The topological polar surface area (TPSA) is 53.5 Å². The van der Waals surface area contributed by atoms with Gasteiger partial charge in [0.2, 0.25) is 11.8 Å². The number of hydrogen-bond acceptors (Lipinski definition) is 5. The molecule has 8 heteroatoms. The molecule has 4 heterocycles. The van der Waals surface area contributed by atoms with E-state index in [0.717, 1.165) is 53.3 Å². The Morgan fingerprint density at radius 3 is 2.89 bits per heavy atom. The number of thioether (sulfide) groups is 1. The monoisotopic (exact) mass is 435 g/mol. The van der Waals surface area contributed by atoms with Crippen LogP contribution in [0.25, 0.3) is 10.2 Å². The van der Waals surface area contributed by atoms with Crippen LogP contribution < -0.4 is 0 Å². The van der Waals surface area contributed by atoms with Gasteiger partial charge in [0.05, 0.1) is 20.1 Å². The fourth-order valence-corrected chi connectivity index (χ4v) is 7.36. The number of thiazole rings is 1. The summed E-state index contributed by atoms with van der Waals surface area (Å²) in [6.45, 7) is 3.57. The van der Waals surface area contributed by atoms with E-state index in [1.165, 1.54) is 0 Å². The Morgan fingerprint density at radius 2 is 2.11 bits per heavy atom. The Labute approximate surface area is 177 Å². The molecule has 0 bridgehead atoms. The molecule has 1 aromatic heterocycles. The molecule has 2 amide bonds. The first-order valence-corrected chi connectivity index (χ1v) is 11.9. The van der Waals surface area contributed by atoms with E-state index in [9.17, 15) is 9.59 Å². The van der Waals surface area contributed by atoms with E-state index in [1.54, 1.807) is 23.1 Å². The molecule has 5 rings (SSSR count). The number of benzene rings is 1. The molecule has 2 aromatic rings. The maximum absolute atomic E-state index is 13.1. The van der Waals surface area contributed by atoms with Gasteiger partial charge in [0, 0.05) is 36.2 Å². The molecule has 2 atom stereocenters. The average Bonchev–Trinajstić information content (AvgIpc) is 3.34. The van der Waals surface area contributed by atoms with Crippen LogP contribution in [0.15, 0.2) is 18.2 Å². The zero-order valence-corrected chi connectivity index (χ0v) is 18.1. The summed E-state index contributed by atoms with van der Waals surface area (Å²) in [5, 5.41) is 1.85. The van der Waals surface area contributed by atoms with E-state index in [4.69, 9.17) is 16.6 Å². The van der Waals surface area contributed by atoms with Crippen LogP contribution in [0.1, 0.15) is 43.5 Å². The van der Waals surface area contributed by atoms with Crippen LogP contribution in [0.2, 0.25) is 5.02 Å². The van der Waals surface area contributed by atoms with Gasteiger partial charge < -0.3 is 9.80 Å². The minimum Gasteiger partial charge on any atom is -0.341 e. The number of hydrogen-bond donors (Lipinski definition) is 0. The highest BCUT2D eigenvalue weighted by molar-refractivity contribution is 8.01. The highest BCUT2D eigenvalue weighted by atomic mass is 35.5. The van der Waals surface area contributed by atoms with E-state index in [2.05, 4.69) is 6.92 Å². The summed E-state index contributed by atoms with van der Waals surface area (Å²) in [4.78, 5) is 33.9. The summed E-state index contributed by atoms with van der Waals surface area (Å²) in [5.41, 5.74) is 0.959. The normalized spacial score (nSPS) is 28.4. The molecule has 0 N–H and O–H groups in total. The highest BCUT2D eigenvalue weighted by Gasteiger charge is 2.53. The number of rotatable bonds is 2. The zero-order valence-electron chi connectivity index (χ0n) is 15.7. The minimum atomic E-state index is -0.286. The highest BCUT2D eigenvalue weighted by Crippen LogP contribution is 2.47. The second kappa shape index (κ2) is 6.89. The molecule has 148 valence electrons. The van der Waals surface area contributed by atoms with Crippen molar-refractivity contribution in [2.75, 3.05) is 18.8 Å². The predicted octanol–water partition coefficient (Wildman–Crippen LogP) is 4.11. The maximum Gasteiger partial charge on any atom is 0.246 e. The number of piperidine rings is 1. The van der Waals surface area contributed by atoms with Crippen molar-refractivity contribution in [1.29, 1.82) is 0 Å². The molecule has 1 aromatic carbocycles. The number of likely N-dealkylation sites (tertiary alicyclic amines) is 1. The lowest BCUT2D eigenvalue weighted by molar-refractivity contribution is -0.144. The van der Waals surface area contributed by atoms with Gasteiger partial charge >= 0.3 is 0 Å². The fraction of sp³-hybridized carbons (Fsp3) is 0.550. The molecule has 2 unspecified atom stereocenters. The molecule has 3 saturated heterocycles. The van der Waals surface area contributed by atoms with Gasteiger partial charge in [-0.15, -0.1) is 23.1 Å². The Kier molecular flexibility index (Phi) is 4.60.